The molecule has 0 radical (unpaired) electrons. The van der Waals surface area contributed by atoms with Crippen molar-refractivity contribution in [3.8, 4) is 0 Å². The van der Waals surface area contributed by atoms with Crippen LogP contribution < -0.4 is 10.2 Å². The predicted octanol–water partition coefficient (Wildman–Crippen LogP) is 3.76. The first-order chi connectivity index (χ1) is 13.5. The quantitative estimate of drug-likeness (QED) is 0.861. The Hall–Kier alpha value is -2.04. The Bertz CT molecular complexity index is 709. The summed E-state index contributed by atoms with van der Waals surface area (Å²) >= 11 is 0. The second-order valence-electron chi connectivity index (χ2n) is 9.19. The molecule has 0 bridgehead atoms. The predicted molar refractivity (Wildman–Crippen MR) is 112 cm³/mol. The van der Waals surface area contributed by atoms with Crippen molar-refractivity contribution in [2.24, 2.45) is 23.7 Å². The normalized spacial score (nSPS) is 28.1. The number of carbonyl (C=O) groups is 2. The van der Waals surface area contributed by atoms with Crippen molar-refractivity contribution >= 4 is 23.2 Å². The molecule has 4 rings (SSSR count). The van der Waals surface area contributed by atoms with E-state index < -0.39 is 0 Å². The Balaban J connectivity index is 1.28. The van der Waals surface area contributed by atoms with Gasteiger partial charge in [-0.2, -0.15) is 0 Å². The fourth-order valence-corrected chi connectivity index (χ4v) is 4.64. The number of piperidine rings is 2. The van der Waals surface area contributed by atoms with Crippen LogP contribution >= 0.6 is 0 Å². The second kappa shape index (κ2) is 8.14. The molecule has 1 aromatic carbocycles. The van der Waals surface area contributed by atoms with Gasteiger partial charge in [0.1, 0.15) is 0 Å². The molecule has 2 saturated heterocycles. The van der Waals surface area contributed by atoms with Gasteiger partial charge >= 0.3 is 0 Å². The Morgan fingerprint density at radius 2 is 1.64 bits per heavy atom. The number of rotatable bonds is 4. The Labute approximate surface area is 168 Å². The highest BCUT2D eigenvalue weighted by atomic mass is 16.2. The zero-order valence-electron chi connectivity index (χ0n) is 17.2. The molecule has 3 unspecified atom stereocenters. The van der Waals surface area contributed by atoms with Gasteiger partial charge in [0.25, 0.3) is 0 Å². The molecular weight excluding hydrogens is 350 g/mol. The maximum Gasteiger partial charge on any atom is 0.228 e. The van der Waals surface area contributed by atoms with Crippen molar-refractivity contribution in [3.63, 3.8) is 0 Å². The molecule has 2 aliphatic heterocycles. The van der Waals surface area contributed by atoms with E-state index in [4.69, 9.17) is 0 Å². The van der Waals surface area contributed by atoms with Crippen molar-refractivity contribution in [1.82, 2.24) is 4.90 Å². The minimum atomic E-state index is -0.159. The zero-order valence-corrected chi connectivity index (χ0v) is 17.2. The third-order valence-electron chi connectivity index (χ3n) is 6.70. The molecule has 28 heavy (non-hydrogen) atoms. The Morgan fingerprint density at radius 3 is 2.32 bits per heavy atom. The van der Waals surface area contributed by atoms with E-state index in [0.29, 0.717) is 12.3 Å². The van der Waals surface area contributed by atoms with Gasteiger partial charge in [0, 0.05) is 37.6 Å². The summed E-state index contributed by atoms with van der Waals surface area (Å²) in [5.41, 5.74) is 2.05. The molecule has 0 spiro atoms. The highest BCUT2D eigenvalue weighted by molar-refractivity contribution is 5.99. The van der Waals surface area contributed by atoms with Crippen molar-refractivity contribution in [3.05, 3.63) is 24.3 Å². The molecule has 2 amide bonds. The van der Waals surface area contributed by atoms with Crippen molar-refractivity contribution in [1.29, 1.82) is 0 Å². The fraction of sp³-hybridized carbons (Fsp3) is 0.652. The van der Waals surface area contributed by atoms with E-state index in [2.05, 4.69) is 36.2 Å². The van der Waals surface area contributed by atoms with E-state index in [1.807, 2.05) is 17.0 Å². The van der Waals surface area contributed by atoms with Gasteiger partial charge in [-0.05, 0) is 68.2 Å². The van der Waals surface area contributed by atoms with E-state index in [1.54, 1.807) is 0 Å². The standard InChI is InChI=1S/C23H33N3O2/c1-16-9-12-25(13-10-16)19-7-5-18(6-8-19)24-22(27)20-14-21(20)23(28)26-11-3-4-17(2)15-26/h5-8,16-17,20-21H,3-4,9-15H2,1-2H3,(H,24,27). The maximum atomic E-state index is 12.7. The van der Waals surface area contributed by atoms with Gasteiger partial charge in [0.2, 0.25) is 11.8 Å². The first kappa shape index (κ1) is 19.3. The Kier molecular flexibility index (Phi) is 5.61. The SMILES string of the molecule is CC1CCN(c2ccc(NC(=O)C3CC3C(=O)N3CCCC(C)C3)cc2)CC1. The first-order valence-corrected chi connectivity index (χ1v) is 11.0. The number of likely N-dealkylation sites (tertiary alicyclic amines) is 1. The van der Waals surface area contributed by atoms with E-state index in [1.165, 1.54) is 24.9 Å². The second-order valence-corrected chi connectivity index (χ2v) is 9.19. The lowest BCUT2D eigenvalue weighted by atomic mass is 9.99. The van der Waals surface area contributed by atoms with E-state index in [-0.39, 0.29) is 23.7 Å². The lowest BCUT2D eigenvalue weighted by Crippen LogP contribution is -2.40. The van der Waals surface area contributed by atoms with Crippen molar-refractivity contribution in [2.75, 3.05) is 36.4 Å². The monoisotopic (exact) mass is 383 g/mol. The first-order valence-electron chi connectivity index (χ1n) is 11.0. The summed E-state index contributed by atoms with van der Waals surface area (Å²) in [4.78, 5) is 29.6. The van der Waals surface area contributed by atoms with Crippen LogP contribution in [0.4, 0.5) is 11.4 Å². The average molecular weight is 384 g/mol. The summed E-state index contributed by atoms with van der Waals surface area (Å²) in [7, 11) is 0. The molecule has 1 N–H and O–H groups in total. The van der Waals surface area contributed by atoms with Gasteiger partial charge in [-0.1, -0.05) is 13.8 Å². The van der Waals surface area contributed by atoms with Crippen LogP contribution in [0.15, 0.2) is 24.3 Å². The molecule has 1 saturated carbocycles. The average Bonchev–Trinajstić information content (AvgIpc) is 3.50. The summed E-state index contributed by atoms with van der Waals surface area (Å²) in [6, 6.07) is 8.15. The van der Waals surface area contributed by atoms with Gasteiger partial charge in [-0.15, -0.1) is 0 Å². The van der Waals surface area contributed by atoms with Crippen LogP contribution in [-0.4, -0.2) is 42.9 Å². The van der Waals surface area contributed by atoms with Crippen molar-refractivity contribution < 1.29 is 9.59 Å². The number of carbonyl (C=O) groups excluding carboxylic acids is 2. The number of nitrogens with zero attached hydrogens (tertiary/aromatic N) is 2. The molecule has 2 heterocycles. The molecule has 3 fully saturated rings. The van der Waals surface area contributed by atoms with Gasteiger partial charge < -0.3 is 15.1 Å². The molecule has 5 nitrogen and oxygen atoms in total. The van der Waals surface area contributed by atoms with E-state index in [9.17, 15) is 9.59 Å². The third-order valence-corrected chi connectivity index (χ3v) is 6.70. The lowest BCUT2D eigenvalue weighted by molar-refractivity contribution is -0.135. The number of hydrogen-bond donors (Lipinski definition) is 1. The molecular formula is C23H33N3O2. The van der Waals surface area contributed by atoms with Crippen LogP contribution in [0, 0.1) is 23.7 Å². The molecule has 5 heteroatoms. The van der Waals surface area contributed by atoms with Crippen LogP contribution in [0.2, 0.25) is 0 Å². The highest BCUT2D eigenvalue weighted by Crippen LogP contribution is 2.41. The zero-order chi connectivity index (χ0) is 19.7. The van der Waals surface area contributed by atoms with Gasteiger partial charge in [-0.3, -0.25) is 9.59 Å². The fourth-order valence-electron chi connectivity index (χ4n) is 4.64. The van der Waals surface area contributed by atoms with Gasteiger partial charge in [-0.25, -0.2) is 0 Å². The molecule has 3 atom stereocenters. The molecule has 1 aromatic rings. The maximum absolute atomic E-state index is 12.7. The largest absolute Gasteiger partial charge is 0.372 e. The number of amides is 2. The van der Waals surface area contributed by atoms with Crippen LogP contribution in [0.3, 0.4) is 0 Å². The molecule has 1 aliphatic carbocycles. The highest BCUT2D eigenvalue weighted by Gasteiger charge is 2.49. The minimum Gasteiger partial charge on any atom is -0.372 e. The minimum absolute atomic E-state index is 0.0112. The molecule has 0 aromatic heterocycles. The third kappa shape index (κ3) is 4.34. The summed E-state index contributed by atoms with van der Waals surface area (Å²) < 4.78 is 0. The number of benzene rings is 1. The summed E-state index contributed by atoms with van der Waals surface area (Å²) in [5, 5.41) is 3.01. The van der Waals surface area contributed by atoms with Gasteiger partial charge in [0.05, 0.1) is 11.8 Å². The summed E-state index contributed by atoms with van der Waals surface area (Å²) in [6.07, 6.45) is 5.46. The van der Waals surface area contributed by atoms with Crippen LogP contribution in [0.5, 0.6) is 0 Å². The van der Waals surface area contributed by atoms with E-state index >= 15 is 0 Å². The van der Waals surface area contributed by atoms with Crippen LogP contribution in [0.1, 0.15) is 46.0 Å². The molecule has 3 aliphatic rings. The Morgan fingerprint density at radius 1 is 0.929 bits per heavy atom. The number of hydrogen-bond acceptors (Lipinski definition) is 3. The number of anilines is 2. The smallest absolute Gasteiger partial charge is 0.228 e. The summed E-state index contributed by atoms with van der Waals surface area (Å²) in [5.74, 6) is 1.29. The van der Waals surface area contributed by atoms with Crippen LogP contribution in [0.25, 0.3) is 0 Å². The lowest BCUT2D eigenvalue weighted by Gasteiger charge is -2.32. The topological polar surface area (TPSA) is 52.7 Å². The molecule has 152 valence electrons. The van der Waals surface area contributed by atoms with Crippen molar-refractivity contribution in [2.45, 2.75) is 46.0 Å². The number of nitrogens with one attached hydrogen (secondary N) is 1. The summed E-state index contributed by atoms with van der Waals surface area (Å²) in [6.45, 7) is 8.43. The van der Waals surface area contributed by atoms with E-state index in [0.717, 1.165) is 44.2 Å². The van der Waals surface area contributed by atoms with Gasteiger partial charge in [0.15, 0.2) is 0 Å². The van der Waals surface area contributed by atoms with Crippen LogP contribution in [-0.2, 0) is 9.59 Å².